The van der Waals surface area contributed by atoms with Crippen molar-refractivity contribution in [2.45, 2.75) is 0 Å². The minimum Gasteiger partial charge on any atom is -0.478 e. The van der Waals surface area contributed by atoms with E-state index in [0.717, 1.165) is 6.07 Å². The fourth-order valence-electron chi connectivity index (χ4n) is 1.87. The van der Waals surface area contributed by atoms with Crippen molar-refractivity contribution in [3.05, 3.63) is 62.7 Å². The van der Waals surface area contributed by atoms with E-state index >= 15 is 0 Å². The van der Waals surface area contributed by atoms with Gasteiger partial charge in [0, 0.05) is 11.1 Å². The molecule has 0 bridgehead atoms. The summed E-state index contributed by atoms with van der Waals surface area (Å²) in [7, 11) is 0. The van der Waals surface area contributed by atoms with Gasteiger partial charge in [-0.3, -0.25) is 10.1 Å². The van der Waals surface area contributed by atoms with Gasteiger partial charge in [0.2, 0.25) is 0 Å². The van der Waals surface area contributed by atoms with Crippen molar-refractivity contribution in [2.75, 3.05) is 5.32 Å². The van der Waals surface area contributed by atoms with Gasteiger partial charge >= 0.3 is 11.9 Å². The van der Waals surface area contributed by atoms with Gasteiger partial charge in [-0.05, 0) is 30.3 Å². The maximum absolute atomic E-state index is 11.2. The summed E-state index contributed by atoms with van der Waals surface area (Å²) >= 11 is 5.74. The van der Waals surface area contributed by atoms with E-state index in [-0.39, 0.29) is 27.5 Å². The first kappa shape index (κ1) is 16.2. The van der Waals surface area contributed by atoms with Crippen molar-refractivity contribution >= 4 is 40.6 Å². The van der Waals surface area contributed by atoms with Crippen molar-refractivity contribution < 1.29 is 24.7 Å². The van der Waals surface area contributed by atoms with E-state index in [1.807, 2.05) is 0 Å². The number of hydrogen-bond donors (Lipinski definition) is 3. The molecule has 23 heavy (non-hydrogen) atoms. The second-order valence-corrected chi connectivity index (χ2v) is 4.85. The lowest BCUT2D eigenvalue weighted by atomic mass is 10.1. The van der Waals surface area contributed by atoms with E-state index in [4.69, 9.17) is 21.8 Å². The monoisotopic (exact) mass is 336 g/mol. The van der Waals surface area contributed by atoms with Crippen molar-refractivity contribution in [1.29, 1.82) is 0 Å². The summed E-state index contributed by atoms with van der Waals surface area (Å²) < 4.78 is 0. The average Bonchev–Trinajstić information content (AvgIpc) is 2.48. The summed E-state index contributed by atoms with van der Waals surface area (Å²) in [5.41, 5.74) is -0.861. The zero-order valence-electron chi connectivity index (χ0n) is 11.3. The number of carboxylic acid groups (broad SMARTS) is 2. The van der Waals surface area contributed by atoms with E-state index in [0.29, 0.717) is 0 Å². The number of aromatic carboxylic acids is 2. The highest BCUT2D eigenvalue weighted by Crippen LogP contribution is 2.31. The van der Waals surface area contributed by atoms with Crippen molar-refractivity contribution in [3.8, 4) is 0 Å². The van der Waals surface area contributed by atoms with Crippen LogP contribution in [0.4, 0.5) is 17.1 Å². The molecule has 8 nitrogen and oxygen atoms in total. The van der Waals surface area contributed by atoms with E-state index in [2.05, 4.69) is 5.32 Å². The molecule has 0 aliphatic rings. The van der Waals surface area contributed by atoms with Crippen LogP contribution in [0.15, 0.2) is 36.4 Å². The SMILES string of the molecule is O=C(O)c1ccc(Nc2ccc(Cl)cc2C(=O)O)c([N+](=O)[O-])c1. The lowest BCUT2D eigenvalue weighted by molar-refractivity contribution is -0.383. The number of anilines is 2. The van der Waals surface area contributed by atoms with Gasteiger partial charge in [-0.25, -0.2) is 9.59 Å². The fraction of sp³-hybridized carbons (Fsp3) is 0. The number of carboxylic acids is 2. The summed E-state index contributed by atoms with van der Waals surface area (Å²) in [4.78, 5) is 32.4. The van der Waals surface area contributed by atoms with Gasteiger partial charge in [0.05, 0.1) is 21.7 Å². The molecule has 0 fully saturated rings. The molecule has 0 saturated carbocycles. The standard InChI is InChI=1S/C14H9ClN2O6/c15-8-2-4-10(9(6-8)14(20)21)16-11-3-1-7(13(18)19)5-12(11)17(22)23/h1-6,16H,(H,18,19)(H,20,21). The Hall–Kier alpha value is -3.13. The number of nitro groups is 1. The van der Waals surface area contributed by atoms with Gasteiger partial charge < -0.3 is 15.5 Å². The zero-order valence-corrected chi connectivity index (χ0v) is 12.1. The Kier molecular flexibility index (Phi) is 4.47. The van der Waals surface area contributed by atoms with Crippen LogP contribution in [-0.2, 0) is 0 Å². The van der Waals surface area contributed by atoms with Crippen molar-refractivity contribution in [2.24, 2.45) is 0 Å². The van der Waals surface area contributed by atoms with E-state index in [1.165, 1.54) is 30.3 Å². The number of benzene rings is 2. The molecule has 118 valence electrons. The second kappa shape index (κ2) is 6.32. The molecule has 0 unspecified atom stereocenters. The van der Waals surface area contributed by atoms with Gasteiger partial charge in [-0.1, -0.05) is 11.6 Å². The maximum atomic E-state index is 11.2. The number of nitro benzene ring substituents is 1. The van der Waals surface area contributed by atoms with E-state index in [1.54, 1.807) is 0 Å². The van der Waals surface area contributed by atoms with Crippen LogP contribution >= 0.6 is 11.6 Å². The van der Waals surface area contributed by atoms with Gasteiger partial charge in [0.1, 0.15) is 5.69 Å². The fourth-order valence-corrected chi connectivity index (χ4v) is 2.04. The molecular weight excluding hydrogens is 328 g/mol. The normalized spacial score (nSPS) is 10.1. The lowest BCUT2D eigenvalue weighted by Gasteiger charge is -2.10. The average molecular weight is 337 g/mol. The molecule has 0 saturated heterocycles. The number of rotatable bonds is 5. The molecule has 0 spiro atoms. The number of nitrogens with zero attached hydrogens (tertiary/aromatic N) is 1. The summed E-state index contributed by atoms with van der Waals surface area (Å²) in [6, 6.07) is 7.24. The van der Waals surface area contributed by atoms with Gasteiger partial charge in [-0.2, -0.15) is 0 Å². The Bertz CT molecular complexity index is 821. The van der Waals surface area contributed by atoms with Crippen LogP contribution < -0.4 is 5.32 Å². The third-order valence-corrected chi connectivity index (χ3v) is 3.16. The first-order chi connectivity index (χ1) is 10.8. The van der Waals surface area contributed by atoms with Gasteiger partial charge in [0.15, 0.2) is 0 Å². The smallest absolute Gasteiger partial charge is 0.337 e. The first-order valence-corrected chi connectivity index (χ1v) is 6.49. The van der Waals surface area contributed by atoms with Crippen LogP contribution in [0.2, 0.25) is 5.02 Å². The summed E-state index contributed by atoms with van der Waals surface area (Å²) in [6.45, 7) is 0. The molecule has 0 radical (unpaired) electrons. The molecule has 9 heteroatoms. The Morgan fingerprint density at radius 3 is 2.26 bits per heavy atom. The highest BCUT2D eigenvalue weighted by Gasteiger charge is 2.19. The Balaban J connectivity index is 2.50. The van der Waals surface area contributed by atoms with Gasteiger partial charge in [0.25, 0.3) is 5.69 Å². The predicted molar refractivity (Wildman–Crippen MR) is 81.7 cm³/mol. The molecule has 0 aliphatic carbocycles. The van der Waals surface area contributed by atoms with E-state index < -0.39 is 22.5 Å². The Morgan fingerprint density at radius 1 is 1.04 bits per heavy atom. The molecule has 0 amide bonds. The summed E-state index contributed by atoms with van der Waals surface area (Å²) in [6.07, 6.45) is 0. The molecule has 2 aromatic carbocycles. The molecule has 0 atom stereocenters. The summed E-state index contributed by atoms with van der Waals surface area (Å²) in [5.74, 6) is -2.57. The minimum atomic E-state index is -1.31. The molecule has 0 aliphatic heterocycles. The van der Waals surface area contributed by atoms with Crippen LogP contribution in [0, 0.1) is 10.1 Å². The quantitative estimate of drug-likeness (QED) is 0.563. The zero-order chi connectivity index (χ0) is 17.1. The topological polar surface area (TPSA) is 130 Å². The Labute approximate surface area is 134 Å². The van der Waals surface area contributed by atoms with E-state index in [9.17, 15) is 19.7 Å². The van der Waals surface area contributed by atoms with Crippen LogP contribution in [0.5, 0.6) is 0 Å². The predicted octanol–water partition coefficient (Wildman–Crippen LogP) is 3.39. The highest BCUT2D eigenvalue weighted by atomic mass is 35.5. The molecule has 0 aromatic heterocycles. The highest BCUT2D eigenvalue weighted by molar-refractivity contribution is 6.31. The number of hydrogen-bond acceptors (Lipinski definition) is 5. The largest absolute Gasteiger partial charge is 0.478 e. The molecular formula is C14H9ClN2O6. The Morgan fingerprint density at radius 2 is 1.70 bits per heavy atom. The molecule has 3 N–H and O–H groups in total. The molecule has 2 rings (SSSR count). The van der Waals surface area contributed by atoms with Crippen LogP contribution in [-0.4, -0.2) is 27.1 Å². The maximum Gasteiger partial charge on any atom is 0.337 e. The van der Waals surface area contributed by atoms with Crippen molar-refractivity contribution in [3.63, 3.8) is 0 Å². The first-order valence-electron chi connectivity index (χ1n) is 6.11. The number of halogens is 1. The lowest BCUT2D eigenvalue weighted by Crippen LogP contribution is -2.05. The minimum absolute atomic E-state index is 0.0372. The van der Waals surface area contributed by atoms with Crippen molar-refractivity contribution in [1.82, 2.24) is 0 Å². The summed E-state index contributed by atoms with van der Waals surface area (Å²) in [5, 5.41) is 32.0. The van der Waals surface area contributed by atoms with Crippen LogP contribution in [0.1, 0.15) is 20.7 Å². The van der Waals surface area contributed by atoms with Crippen LogP contribution in [0.3, 0.4) is 0 Å². The third-order valence-electron chi connectivity index (χ3n) is 2.92. The van der Waals surface area contributed by atoms with Gasteiger partial charge in [-0.15, -0.1) is 0 Å². The third kappa shape index (κ3) is 3.55. The second-order valence-electron chi connectivity index (χ2n) is 4.41. The number of nitrogens with one attached hydrogen (secondary N) is 1. The molecule has 2 aromatic rings. The number of carbonyl (C=O) groups is 2. The van der Waals surface area contributed by atoms with Crippen LogP contribution in [0.25, 0.3) is 0 Å². The molecule has 0 heterocycles.